The highest BCUT2D eigenvalue weighted by atomic mass is 32.1. The first-order valence-corrected chi connectivity index (χ1v) is 11.5. The second kappa shape index (κ2) is 8.84. The van der Waals surface area contributed by atoms with E-state index in [1.165, 1.54) is 16.3 Å². The Morgan fingerprint density at radius 3 is 2.67 bits per heavy atom. The van der Waals surface area contributed by atoms with E-state index in [1.807, 2.05) is 70.7 Å². The predicted molar refractivity (Wildman–Crippen MR) is 130 cm³/mol. The number of aryl methyl sites for hydroxylation is 1. The molecular weight excluding hydrogens is 434 g/mol. The number of carbonyl (C=O) groups is 1. The summed E-state index contributed by atoms with van der Waals surface area (Å²) in [5, 5.41) is 9.23. The smallest absolute Gasteiger partial charge is 0.267 e. The van der Waals surface area contributed by atoms with Gasteiger partial charge in [0.05, 0.1) is 11.4 Å². The van der Waals surface area contributed by atoms with E-state index in [4.69, 9.17) is 0 Å². The third-order valence-corrected chi connectivity index (χ3v) is 6.12. The number of fused-ring (bicyclic) bond motifs is 1. The van der Waals surface area contributed by atoms with Crippen LogP contribution in [-0.4, -0.2) is 25.1 Å². The van der Waals surface area contributed by atoms with Gasteiger partial charge in [0.1, 0.15) is 6.54 Å². The molecule has 0 spiro atoms. The number of nitrogens with zero attached hydrogens (tertiary/aromatic N) is 4. The highest BCUT2D eigenvalue weighted by Gasteiger charge is 2.10. The molecule has 0 radical (unpaired) electrons. The first-order chi connectivity index (χ1) is 16.1. The fourth-order valence-corrected chi connectivity index (χ4v) is 4.29. The highest BCUT2D eigenvalue weighted by molar-refractivity contribution is 7.15. The number of anilines is 1. The number of hydrogen-bond acceptors (Lipinski definition) is 5. The van der Waals surface area contributed by atoms with Crippen molar-refractivity contribution in [2.24, 2.45) is 0 Å². The first-order valence-electron chi connectivity index (χ1n) is 10.6. The molecule has 0 unspecified atom stereocenters. The summed E-state index contributed by atoms with van der Waals surface area (Å²) in [5.74, 6) is -0.328. The zero-order valence-corrected chi connectivity index (χ0v) is 18.7. The Balaban J connectivity index is 1.33. The minimum absolute atomic E-state index is 0.176. The molecule has 8 heteroatoms. The molecule has 0 aliphatic heterocycles. The van der Waals surface area contributed by atoms with Gasteiger partial charge in [-0.25, -0.2) is 9.67 Å². The van der Waals surface area contributed by atoms with E-state index in [2.05, 4.69) is 22.3 Å². The van der Waals surface area contributed by atoms with Gasteiger partial charge in [-0.15, -0.1) is 11.3 Å². The van der Waals surface area contributed by atoms with E-state index >= 15 is 0 Å². The molecule has 5 rings (SSSR count). The average molecular weight is 456 g/mol. The minimum Gasteiger partial charge on any atom is -0.324 e. The van der Waals surface area contributed by atoms with Crippen molar-refractivity contribution >= 4 is 27.9 Å². The summed E-state index contributed by atoms with van der Waals surface area (Å²) >= 11 is 1.56. The van der Waals surface area contributed by atoms with Gasteiger partial charge in [-0.2, -0.15) is 5.10 Å². The van der Waals surface area contributed by atoms with Crippen molar-refractivity contribution in [1.29, 1.82) is 0 Å². The maximum Gasteiger partial charge on any atom is 0.267 e. The van der Waals surface area contributed by atoms with Crippen LogP contribution in [0, 0.1) is 0 Å². The molecule has 0 aliphatic rings. The molecule has 164 valence electrons. The standard InChI is InChI=1S/C25H21N5O2S/c1-2-17-6-8-18(9-7-17)21-10-11-24(32)30(28-21)16-23(31)26-20-5-3-4-19(14-20)22-15-29-12-13-33-25(29)27-22/h3-15H,2,16H2,1H3,(H,26,31). The topological polar surface area (TPSA) is 81.3 Å². The van der Waals surface area contributed by atoms with Crippen molar-refractivity contribution in [3.8, 4) is 22.5 Å². The summed E-state index contributed by atoms with van der Waals surface area (Å²) in [5.41, 5.74) is 4.80. The van der Waals surface area contributed by atoms with Crippen molar-refractivity contribution in [3.63, 3.8) is 0 Å². The van der Waals surface area contributed by atoms with Crippen LogP contribution >= 0.6 is 11.3 Å². The van der Waals surface area contributed by atoms with Gasteiger partial charge in [0.15, 0.2) is 4.96 Å². The molecule has 7 nitrogen and oxygen atoms in total. The Morgan fingerprint density at radius 1 is 1.03 bits per heavy atom. The number of thiazole rings is 1. The zero-order chi connectivity index (χ0) is 22.8. The van der Waals surface area contributed by atoms with Gasteiger partial charge in [0.2, 0.25) is 5.91 Å². The number of carbonyl (C=O) groups excluding carboxylic acids is 1. The number of nitrogens with one attached hydrogen (secondary N) is 1. The van der Waals surface area contributed by atoms with Crippen LogP contribution in [-0.2, 0) is 17.8 Å². The second-order valence-electron chi connectivity index (χ2n) is 7.61. The SMILES string of the molecule is CCc1ccc(-c2ccc(=O)n(CC(=O)Nc3cccc(-c4cn5ccsc5n4)c3)n2)cc1. The van der Waals surface area contributed by atoms with Crippen LogP contribution in [0.25, 0.3) is 27.5 Å². The number of aromatic nitrogens is 4. The van der Waals surface area contributed by atoms with Gasteiger partial charge in [-0.3, -0.25) is 14.0 Å². The number of imidazole rings is 1. The molecule has 1 N–H and O–H groups in total. The molecule has 33 heavy (non-hydrogen) atoms. The van der Waals surface area contributed by atoms with Gasteiger partial charge in [-0.1, -0.05) is 43.3 Å². The van der Waals surface area contributed by atoms with Crippen molar-refractivity contribution in [3.05, 3.63) is 94.4 Å². The average Bonchev–Trinajstić information content (AvgIpc) is 3.43. The number of amides is 1. The predicted octanol–water partition coefficient (Wildman–Crippen LogP) is 4.49. The van der Waals surface area contributed by atoms with Crippen molar-refractivity contribution < 1.29 is 4.79 Å². The molecule has 0 saturated heterocycles. The van der Waals surface area contributed by atoms with Crippen molar-refractivity contribution in [1.82, 2.24) is 19.2 Å². The summed E-state index contributed by atoms with van der Waals surface area (Å²) in [6.45, 7) is 1.92. The number of rotatable bonds is 6. The molecule has 3 heterocycles. The first kappa shape index (κ1) is 20.8. The van der Waals surface area contributed by atoms with E-state index in [0.29, 0.717) is 11.4 Å². The Bertz CT molecular complexity index is 1470. The van der Waals surface area contributed by atoms with Crippen LogP contribution in [0.15, 0.2) is 83.2 Å². The number of benzene rings is 2. The normalized spacial score (nSPS) is 11.1. The van der Waals surface area contributed by atoms with Gasteiger partial charge >= 0.3 is 0 Å². The lowest BCUT2D eigenvalue weighted by atomic mass is 10.1. The van der Waals surface area contributed by atoms with Gasteiger partial charge in [0, 0.05) is 40.7 Å². The maximum absolute atomic E-state index is 12.7. The lowest BCUT2D eigenvalue weighted by molar-refractivity contribution is -0.117. The molecule has 2 aromatic carbocycles. The summed E-state index contributed by atoms with van der Waals surface area (Å²) < 4.78 is 3.15. The van der Waals surface area contributed by atoms with E-state index in [-0.39, 0.29) is 18.0 Å². The summed E-state index contributed by atoms with van der Waals surface area (Å²) in [7, 11) is 0. The Labute approximate surface area is 194 Å². The molecular formula is C25H21N5O2S. The molecule has 0 fully saturated rings. The fraction of sp³-hybridized carbons (Fsp3) is 0.120. The molecule has 0 bridgehead atoms. The molecule has 5 aromatic rings. The largest absolute Gasteiger partial charge is 0.324 e. The van der Waals surface area contributed by atoms with E-state index in [9.17, 15) is 9.59 Å². The third-order valence-electron chi connectivity index (χ3n) is 5.35. The zero-order valence-electron chi connectivity index (χ0n) is 17.9. The summed E-state index contributed by atoms with van der Waals surface area (Å²) in [4.78, 5) is 30.5. The Hall–Kier alpha value is -4.04. The fourth-order valence-electron chi connectivity index (χ4n) is 3.59. The van der Waals surface area contributed by atoms with Gasteiger partial charge < -0.3 is 5.32 Å². The second-order valence-corrected chi connectivity index (χ2v) is 8.49. The molecule has 0 saturated carbocycles. The monoisotopic (exact) mass is 455 g/mol. The summed E-state index contributed by atoms with van der Waals surface area (Å²) in [6, 6.07) is 18.6. The van der Waals surface area contributed by atoms with Crippen LogP contribution in [0.2, 0.25) is 0 Å². The van der Waals surface area contributed by atoms with Crippen LogP contribution in [0.1, 0.15) is 12.5 Å². The van der Waals surface area contributed by atoms with Crippen molar-refractivity contribution in [2.75, 3.05) is 5.32 Å². The quantitative estimate of drug-likeness (QED) is 0.409. The summed E-state index contributed by atoms with van der Waals surface area (Å²) in [6.07, 6.45) is 4.86. The van der Waals surface area contributed by atoms with E-state index in [0.717, 1.165) is 28.2 Å². The van der Waals surface area contributed by atoms with Gasteiger partial charge in [-0.05, 0) is 30.2 Å². The molecule has 3 aromatic heterocycles. The number of hydrogen-bond donors (Lipinski definition) is 1. The van der Waals surface area contributed by atoms with Crippen LogP contribution in [0.3, 0.4) is 0 Å². The Morgan fingerprint density at radius 2 is 1.88 bits per heavy atom. The lowest BCUT2D eigenvalue weighted by Crippen LogP contribution is -2.29. The Kier molecular flexibility index (Phi) is 5.58. The van der Waals surface area contributed by atoms with Crippen LogP contribution < -0.4 is 10.9 Å². The minimum atomic E-state index is -0.328. The van der Waals surface area contributed by atoms with E-state index in [1.54, 1.807) is 17.4 Å². The molecule has 0 aliphatic carbocycles. The van der Waals surface area contributed by atoms with Crippen LogP contribution in [0.4, 0.5) is 5.69 Å². The molecule has 0 atom stereocenters. The van der Waals surface area contributed by atoms with Crippen LogP contribution in [0.5, 0.6) is 0 Å². The lowest BCUT2D eigenvalue weighted by Gasteiger charge is -2.09. The molecule has 1 amide bonds. The maximum atomic E-state index is 12.7. The highest BCUT2D eigenvalue weighted by Crippen LogP contribution is 2.24. The van der Waals surface area contributed by atoms with Crippen molar-refractivity contribution in [2.45, 2.75) is 19.9 Å². The van der Waals surface area contributed by atoms with E-state index < -0.39 is 0 Å². The third kappa shape index (κ3) is 4.47. The van der Waals surface area contributed by atoms with Gasteiger partial charge in [0.25, 0.3) is 5.56 Å².